The van der Waals surface area contributed by atoms with E-state index in [1.54, 1.807) is 11.8 Å². The van der Waals surface area contributed by atoms with E-state index in [9.17, 15) is 0 Å². The zero-order valence-electron chi connectivity index (χ0n) is 13.3. The van der Waals surface area contributed by atoms with Crippen molar-refractivity contribution in [2.24, 2.45) is 0 Å². The molecule has 0 saturated heterocycles. The third-order valence-electron chi connectivity index (χ3n) is 3.35. The smallest absolute Gasteiger partial charge is 0.166 e. The Bertz CT molecular complexity index is 768. The molecule has 0 saturated carbocycles. The summed E-state index contributed by atoms with van der Waals surface area (Å²) in [5, 5.41) is 0.904. The van der Waals surface area contributed by atoms with Crippen LogP contribution < -0.4 is 9.47 Å². The van der Waals surface area contributed by atoms with E-state index in [-0.39, 0.29) is 0 Å². The van der Waals surface area contributed by atoms with E-state index in [1.807, 2.05) is 37.3 Å². The summed E-state index contributed by atoms with van der Waals surface area (Å²) in [6.07, 6.45) is 0. The van der Waals surface area contributed by atoms with Crippen LogP contribution in [0.5, 0.6) is 11.5 Å². The van der Waals surface area contributed by atoms with Crippen LogP contribution in [0.4, 0.5) is 0 Å². The van der Waals surface area contributed by atoms with Crippen molar-refractivity contribution in [2.75, 3.05) is 19.0 Å². The molecule has 0 atom stereocenters. The number of hydrogen-bond donors (Lipinski definition) is 1. The highest BCUT2D eigenvalue weighted by atomic mass is 32.2. The van der Waals surface area contributed by atoms with Crippen molar-refractivity contribution < 1.29 is 9.47 Å². The molecule has 0 fully saturated rings. The predicted molar refractivity (Wildman–Crippen MR) is 94.7 cm³/mol. The van der Waals surface area contributed by atoms with Crippen molar-refractivity contribution in [3.05, 3.63) is 48.0 Å². The van der Waals surface area contributed by atoms with Gasteiger partial charge < -0.3 is 14.5 Å². The van der Waals surface area contributed by atoms with Crippen LogP contribution in [0.1, 0.15) is 12.5 Å². The number of aromatic nitrogens is 2. The number of nitrogens with zero attached hydrogens (tertiary/aromatic N) is 1. The van der Waals surface area contributed by atoms with Gasteiger partial charge in [0.25, 0.3) is 0 Å². The molecule has 3 rings (SSSR count). The van der Waals surface area contributed by atoms with Crippen LogP contribution in [-0.4, -0.2) is 28.9 Å². The molecule has 0 aliphatic rings. The van der Waals surface area contributed by atoms with Crippen molar-refractivity contribution in [3.8, 4) is 11.5 Å². The first-order valence-corrected chi connectivity index (χ1v) is 8.68. The molecule has 0 bridgehead atoms. The summed E-state index contributed by atoms with van der Waals surface area (Å²) in [7, 11) is 0. The summed E-state index contributed by atoms with van der Waals surface area (Å²) >= 11 is 1.66. The normalized spacial score (nSPS) is 10.9. The van der Waals surface area contributed by atoms with E-state index in [0.29, 0.717) is 13.2 Å². The number of rotatable bonds is 7. The monoisotopic (exact) mass is 328 g/mol. The van der Waals surface area contributed by atoms with Gasteiger partial charge in [0.15, 0.2) is 5.16 Å². The molecule has 1 aromatic heterocycles. The first-order valence-electron chi connectivity index (χ1n) is 7.69. The minimum atomic E-state index is 0.648. The van der Waals surface area contributed by atoms with E-state index in [1.165, 1.54) is 5.56 Å². The predicted octanol–water partition coefficient (Wildman–Crippen LogP) is 4.44. The molecule has 0 amide bonds. The molecule has 23 heavy (non-hydrogen) atoms. The number of nitrogens with one attached hydrogen (secondary N) is 1. The fraction of sp³-hybridized carbons (Fsp3) is 0.278. The number of aromatic amines is 1. The van der Waals surface area contributed by atoms with E-state index < -0.39 is 0 Å². The minimum Gasteiger partial charge on any atom is -0.494 e. The number of hydrogen-bond acceptors (Lipinski definition) is 4. The molecular weight excluding hydrogens is 308 g/mol. The molecule has 0 unspecified atom stereocenters. The Kier molecular flexibility index (Phi) is 5.08. The summed E-state index contributed by atoms with van der Waals surface area (Å²) in [5.74, 6) is 2.61. The number of imidazole rings is 1. The molecular formula is C18H20N2O2S. The fourth-order valence-corrected chi connectivity index (χ4v) is 2.93. The Morgan fingerprint density at radius 1 is 1.04 bits per heavy atom. The number of aryl methyl sites for hydroxylation is 1. The van der Waals surface area contributed by atoms with Crippen LogP contribution in [-0.2, 0) is 0 Å². The highest BCUT2D eigenvalue weighted by Gasteiger charge is 2.05. The first kappa shape index (κ1) is 15.7. The molecule has 3 aromatic rings. The summed E-state index contributed by atoms with van der Waals surface area (Å²) < 4.78 is 11.2. The molecule has 0 spiro atoms. The van der Waals surface area contributed by atoms with Crippen LogP contribution in [0.15, 0.2) is 47.6 Å². The topological polar surface area (TPSA) is 47.1 Å². The van der Waals surface area contributed by atoms with Gasteiger partial charge in [0.1, 0.15) is 11.5 Å². The zero-order chi connectivity index (χ0) is 16.1. The van der Waals surface area contributed by atoms with Gasteiger partial charge in [0.2, 0.25) is 0 Å². The Balaban J connectivity index is 1.53. The van der Waals surface area contributed by atoms with Crippen molar-refractivity contribution >= 4 is 22.8 Å². The highest BCUT2D eigenvalue weighted by molar-refractivity contribution is 7.99. The lowest BCUT2D eigenvalue weighted by Gasteiger charge is -2.05. The molecule has 0 aliphatic heterocycles. The van der Waals surface area contributed by atoms with Crippen molar-refractivity contribution in [1.82, 2.24) is 9.97 Å². The van der Waals surface area contributed by atoms with E-state index in [4.69, 9.17) is 9.47 Å². The Morgan fingerprint density at radius 2 is 1.83 bits per heavy atom. The van der Waals surface area contributed by atoms with Gasteiger partial charge in [-0.25, -0.2) is 4.98 Å². The van der Waals surface area contributed by atoms with Gasteiger partial charge in [-0.15, -0.1) is 0 Å². The minimum absolute atomic E-state index is 0.648. The Labute approximate surface area is 140 Å². The molecule has 5 heteroatoms. The number of thioether (sulfide) groups is 1. The summed E-state index contributed by atoms with van der Waals surface area (Å²) in [6, 6.07) is 14.0. The van der Waals surface area contributed by atoms with Gasteiger partial charge in [0, 0.05) is 11.8 Å². The highest BCUT2D eigenvalue weighted by Crippen LogP contribution is 2.23. The van der Waals surface area contributed by atoms with Crippen molar-refractivity contribution in [3.63, 3.8) is 0 Å². The molecule has 0 radical (unpaired) electrons. The molecule has 1 heterocycles. The number of fused-ring (bicyclic) bond motifs is 1. The van der Waals surface area contributed by atoms with Crippen molar-refractivity contribution in [2.45, 2.75) is 19.0 Å². The molecule has 4 nitrogen and oxygen atoms in total. The number of H-pyrrole nitrogens is 1. The van der Waals surface area contributed by atoms with Gasteiger partial charge >= 0.3 is 0 Å². The van der Waals surface area contributed by atoms with Gasteiger partial charge in [-0.1, -0.05) is 29.5 Å². The van der Waals surface area contributed by atoms with E-state index in [2.05, 4.69) is 29.0 Å². The second-order valence-electron chi connectivity index (χ2n) is 5.16. The molecule has 120 valence electrons. The third kappa shape index (κ3) is 4.20. The van der Waals surface area contributed by atoms with E-state index >= 15 is 0 Å². The Morgan fingerprint density at radius 3 is 2.61 bits per heavy atom. The van der Waals surface area contributed by atoms with Crippen LogP contribution in [0.3, 0.4) is 0 Å². The Hall–Kier alpha value is -2.14. The van der Waals surface area contributed by atoms with E-state index in [0.717, 1.165) is 33.4 Å². The van der Waals surface area contributed by atoms with Gasteiger partial charge in [-0.3, -0.25) is 0 Å². The second kappa shape index (κ2) is 7.42. The van der Waals surface area contributed by atoms with Gasteiger partial charge in [-0.2, -0.15) is 0 Å². The number of ether oxygens (including phenoxy) is 2. The standard InChI is InChI=1S/C18H20N2O2S/c1-3-21-15-8-9-16-17(12-15)20-18(19-16)23-11-10-22-14-6-4-13(2)5-7-14/h4-9,12H,3,10-11H2,1-2H3,(H,19,20). The van der Waals surface area contributed by atoms with Crippen molar-refractivity contribution in [1.29, 1.82) is 0 Å². The lowest BCUT2D eigenvalue weighted by Crippen LogP contribution is -2.00. The maximum absolute atomic E-state index is 5.73. The van der Waals surface area contributed by atoms with Crippen LogP contribution in [0, 0.1) is 6.92 Å². The summed E-state index contributed by atoms with van der Waals surface area (Å²) in [6.45, 7) is 5.36. The maximum atomic E-state index is 5.73. The molecule has 1 N–H and O–H groups in total. The lowest BCUT2D eigenvalue weighted by molar-refractivity contribution is 0.340. The third-order valence-corrected chi connectivity index (χ3v) is 4.19. The average Bonchev–Trinajstić information content (AvgIpc) is 2.95. The quantitative estimate of drug-likeness (QED) is 0.514. The molecule has 2 aromatic carbocycles. The molecule has 0 aliphatic carbocycles. The van der Waals surface area contributed by atoms with Crippen LogP contribution >= 0.6 is 11.8 Å². The average molecular weight is 328 g/mol. The second-order valence-corrected chi connectivity index (χ2v) is 6.25. The van der Waals surface area contributed by atoms with Gasteiger partial charge in [0.05, 0.1) is 24.2 Å². The SMILES string of the molecule is CCOc1ccc2nc(SCCOc3ccc(C)cc3)[nH]c2c1. The first-order chi connectivity index (χ1) is 11.2. The van der Waals surface area contributed by atoms with Gasteiger partial charge in [-0.05, 0) is 38.1 Å². The lowest BCUT2D eigenvalue weighted by atomic mass is 10.2. The van der Waals surface area contributed by atoms with Crippen LogP contribution in [0.25, 0.3) is 11.0 Å². The summed E-state index contributed by atoms with van der Waals surface area (Å²) in [4.78, 5) is 7.88. The zero-order valence-corrected chi connectivity index (χ0v) is 14.2. The van der Waals surface area contributed by atoms with Crippen LogP contribution in [0.2, 0.25) is 0 Å². The number of benzene rings is 2. The summed E-state index contributed by atoms with van der Waals surface area (Å²) in [5.41, 5.74) is 3.19. The maximum Gasteiger partial charge on any atom is 0.166 e. The fourth-order valence-electron chi connectivity index (χ4n) is 2.22. The largest absolute Gasteiger partial charge is 0.494 e.